The number of carbonyl (C=O) groups excluding carboxylic acids is 1. The van der Waals surface area contributed by atoms with Gasteiger partial charge in [-0.2, -0.15) is 0 Å². The molecule has 1 aromatic carbocycles. The summed E-state index contributed by atoms with van der Waals surface area (Å²) in [5.41, 5.74) is 0.218. The maximum absolute atomic E-state index is 12.0. The molecule has 110 valence electrons. The highest BCUT2D eigenvalue weighted by Crippen LogP contribution is 2.30. The first-order chi connectivity index (χ1) is 9.17. The van der Waals surface area contributed by atoms with Crippen LogP contribution in [0.25, 0.3) is 0 Å². The molecule has 2 N–H and O–H groups in total. The fraction of sp³-hybridized carbons (Fsp3) is 0.273. The number of anilines is 1. The molecule has 0 unspecified atom stereocenters. The van der Waals surface area contributed by atoms with Crippen LogP contribution in [0.4, 0.5) is 18.9 Å². The van der Waals surface area contributed by atoms with Crippen molar-refractivity contribution in [2.45, 2.75) is 19.2 Å². The van der Waals surface area contributed by atoms with Gasteiger partial charge >= 0.3 is 12.3 Å². The van der Waals surface area contributed by atoms with E-state index in [1.807, 2.05) is 0 Å². The molecule has 1 aromatic rings. The number of carbonyl (C=O) groups is 2. The molecule has 0 saturated carbocycles. The topological polar surface area (TPSA) is 75.6 Å². The first-order valence-electron chi connectivity index (χ1n) is 5.24. The zero-order valence-corrected chi connectivity index (χ0v) is 11.4. The number of amides is 1. The van der Waals surface area contributed by atoms with Crippen molar-refractivity contribution in [2.24, 2.45) is 0 Å². The van der Waals surface area contributed by atoms with E-state index < -0.39 is 24.0 Å². The Morgan fingerprint density at radius 1 is 1.30 bits per heavy atom. The average molecular weight is 356 g/mol. The number of carboxylic acid groups (broad SMARTS) is 1. The molecule has 20 heavy (non-hydrogen) atoms. The number of hydrogen-bond acceptors (Lipinski definition) is 3. The van der Waals surface area contributed by atoms with Gasteiger partial charge in [0.25, 0.3) is 0 Å². The maximum Gasteiger partial charge on any atom is 0.573 e. The Balaban J connectivity index is 2.69. The fourth-order valence-corrected chi connectivity index (χ4v) is 1.68. The average Bonchev–Trinajstić information content (AvgIpc) is 2.28. The van der Waals surface area contributed by atoms with Crippen molar-refractivity contribution in [1.29, 1.82) is 0 Å². The second kappa shape index (κ2) is 6.60. The van der Waals surface area contributed by atoms with Crippen molar-refractivity contribution in [1.82, 2.24) is 0 Å². The molecule has 0 aliphatic heterocycles. The SMILES string of the molecule is O=C(O)CCC(=O)Nc1ccc(OC(F)(F)F)cc1Br. The number of aliphatic carboxylic acids is 1. The minimum absolute atomic E-state index is 0.183. The van der Waals surface area contributed by atoms with Gasteiger partial charge in [-0.25, -0.2) is 0 Å². The van der Waals surface area contributed by atoms with Crippen LogP contribution in [0.1, 0.15) is 12.8 Å². The summed E-state index contributed by atoms with van der Waals surface area (Å²) in [5, 5.41) is 10.8. The van der Waals surface area contributed by atoms with Gasteiger partial charge < -0.3 is 15.2 Å². The van der Waals surface area contributed by atoms with Gasteiger partial charge in [0, 0.05) is 10.9 Å². The molecular formula is C11H9BrF3NO4. The van der Waals surface area contributed by atoms with E-state index in [0.29, 0.717) is 0 Å². The summed E-state index contributed by atoms with van der Waals surface area (Å²) in [5.74, 6) is -2.11. The molecule has 0 fully saturated rings. The fourth-order valence-electron chi connectivity index (χ4n) is 1.23. The standard InChI is InChI=1S/C11H9BrF3NO4/c12-7-5-6(20-11(13,14)15)1-2-8(7)16-9(17)3-4-10(18)19/h1-2,5H,3-4H2,(H,16,17)(H,18,19). The third-order valence-corrected chi connectivity index (χ3v) is 2.67. The van der Waals surface area contributed by atoms with Crippen LogP contribution in [0.2, 0.25) is 0 Å². The number of rotatable bonds is 5. The predicted octanol–water partition coefficient (Wildman–Crippen LogP) is 3.15. The number of carboxylic acids is 1. The molecule has 0 saturated heterocycles. The van der Waals surface area contributed by atoms with Crippen LogP contribution in [-0.2, 0) is 9.59 Å². The molecule has 9 heteroatoms. The molecule has 0 atom stereocenters. The zero-order valence-electron chi connectivity index (χ0n) is 9.83. The number of nitrogens with one attached hydrogen (secondary N) is 1. The Morgan fingerprint density at radius 2 is 1.95 bits per heavy atom. The summed E-state index contributed by atoms with van der Waals surface area (Å²) in [7, 11) is 0. The lowest BCUT2D eigenvalue weighted by Crippen LogP contribution is -2.17. The predicted molar refractivity (Wildman–Crippen MR) is 66.3 cm³/mol. The summed E-state index contributed by atoms with van der Waals surface area (Å²) in [4.78, 5) is 21.7. The summed E-state index contributed by atoms with van der Waals surface area (Å²) in [6, 6.07) is 3.29. The largest absolute Gasteiger partial charge is 0.573 e. The van der Waals surface area contributed by atoms with Crippen LogP contribution < -0.4 is 10.1 Å². The lowest BCUT2D eigenvalue weighted by atomic mass is 10.2. The van der Waals surface area contributed by atoms with Crippen LogP contribution in [0.3, 0.4) is 0 Å². The van der Waals surface area contributed by atoms with Gasteiger partial charge in [-0.15, -0.1) is 13.2 Å². The molecule has 0 spiro atoms. The highest BCUT2D eigenvalue weighted by molar-refractivity contribution is 9.10. The first kappa shape index (κ1) is 16.3. The van der Waals surface area contributed by atoms with Gasteiger partial charge in [-0.05, 0) is 34.1 Å². The molecule has 0 heterocycles. The van der Waals surface area contributed by atoms with Crippen LogP contribution in [0.5, 0.6) is 5.75 Å². The summed E-state index contributed by atoms with van der Waals surface area (Å²) in [6.45, 7) is 0. The normalized spacial score (nSPS) is 11.0. The van der Waals surface area contributed by atoms with Crippen molar-refractivity contribution in [3.63, 3.8) is 0 Å². The van der Waals surface area contributed by atoms with Gasteiger partial charge in [0.1, 0.15) is 5.75 Å². The van der Waals surface area contributed by atoms with Crippen LogP contribution in [-0.4, -0.2) is 23.3 Å². The van der Waals surface area contributed by atoms with E-state index in [0.717, 1.165) is 12.1 Å². The Hall–Kier alpha value is -1.77. The molecular weight excluding hydrogens is 347 g/mol. The zero-order chi connectivity index (χ0) is 15.3. The molecule has 0 bridgehead atoms. The molecule has 0 aliphatic carbocycles. The Bertz CT molecular complexity index is 519. The highest BCUT2D eigenvalue weighted by atomic mass is 79.9. The summed E-state index contributed by atoms with van der Waals surface area (Å²) in [6.07, 6.45) is -5.37. The second-order valence-electron chi connectivity index (χ2n) is 3.63. The number of benzene rings is 1. The number of halogens is 4. The Morgan fingerprint density at radius 3 is 2.45 bits per heavy atom. The van der Waals surface area contributed by atoms with E-state index in [1.165, 1.54) is 6.07 Å². The molecule has 1 amide bonds. The summed E-state index contributed by atoms with van der Waals surface area (Å²) >= 11 is 2.98. The van der Waals surface area contributed by atoms with Crippen LogP contribution in [0.15, 0.2) is 22.7 Å². The Labute approximate surface area is 119 Å². The molecule has 0 radical (unpaired) electrons. The third-order valence-electron chi connectivity index (χ3n) is 2.01. The highest BCUT2D eigenvalue weighted by Gasteiger charge is 2.31. The second-order valence-corrected chi connectivity index (χ2v) is 4.49. The smallest absolute Gasteiger partial charge is 0.481 e. The van der Waals surface area contributed by atoms with Crippen LogP contribution >= 0.6 is 15.9 Å². The number of ether oxygens (including phenoxy) is 1. The van der Waals surface area contributed by atoms with Crippen molar-refractivity contribution in [3.8, 4) is 5.75 Å². The first-order valence-corrected chi connectivity index (χ1v) is 6.03. The van der Waals surface area contributed by atoms with E-state index in [9.17, 15) is 22.8 Å². The van der Waals surface area contributed by atoms with Gasteiger partial charge in [0.2, 0.25) is 5.91 Å². The molecule has 0 aromatic heterocycles. The minimum atomic E-state index is -4.80. The van der Waals surface area contributed by atoms with E-state index >= 15 is 0 Å². The lowest BCUT2D eigenvalue weighted by Gasteiger charge is -2.11. The van der Waals surface area contributed by atoms with Crippen molar-refractivity contribution < 1.29 is 32.6 Å². The van der Waals surface area contributed by atoms with E-state index in [4.69, 9.17) is 5.11 Å². The van der Waals surface area contributed by atoms with Gasteiger partial charge in [-0.1, -0.05) is 0 Å². The molecule has 1 rings (SSSR count). The minimum Gasteiger partial charge on any atom is -0.481 e. The Kier molecular flexibility index (Phi) is 5.37. The van der Waals surface area contributed by atoms with E-state index in [1.54, 1.807) is 0 Å². The number of hydrogen-bond donors (Lipinski definition) is 2. The third kappa shape index (κ3) is 5.91. The summed E-state index contributed by atoms with van der Waals surface area (Å²) < 4.78 is 39.9. The monoisotopic (exact) mass is 355 g/mol. The van der Waals surface area contributed by atoms with Crippen molar-refractivity contribution in [2.75, 3.05) is 5.32 Å². The number of alkyl halides is 3. The van der Waals surface area contributed by atoms with Crippen molar-refractivity contribution >= 4 is 33.5 Å². The van der Waals surface area contributed by atoms with Gasteiger partial charge in [0.15, 0.2) is 0 Å². The molecule has 0 aliphatic rings. The quantitative estimate of drug-likeness (QED) is 0.850. The van der Waals surface area contributed by atoms with E-state index in [-0.39, 0.29) is 23.0 Å². The van der Waals surface area contributed by atoms with Crippen LogP contribution in [0, 0.1) is 0 Å². The van der Waals surface area contributed by atoms with Gasteiger partial charge in [-0.3, -0.25) is 9.59 Å². The maximum atomic E-state index is 12.0. The molecule has 5 nitrogen and oxygen atoms in total. The van der Waals surface area contributed by atoms with Gasteiger partial charge in [0.05, 0.1) is 12.1 Å². The van der Waals surface area contributed by atoms with E-state index in [2.05, 4.69) is 26.0 Å². The lowest BCUT2D eigenvalue weighted by molar-refractivity contribution is -0.274. The van der Waals surface area contributed by atoms with Crippen molar-refractivity contribution in [3.05, 3.63) is 22.7 Å².